The third-order valence-corrected chi connectivity index (χ3v) is 3.25. The first-order valence-electron chi connectivity index (χ1n) is 6.53. The van der Waals surface area contributed by atoms with Gasteiger partial charge in [-0.1, -0.05) is 49.6 Å². The van der Waals surface area contributed by atoms with Gasteiger partial charge in [0.05, 0.1) is 0 Å². The summed E-state index contributed by atoms with van der Waals surface area (Å²) in [6, 6.07) is 7.05. The van der Waals surface area contributed by atoms with Gasteiger partial charge in [0.25, 0.3) is 0 Å². The van der Waals surface area contributed by atoms with Crippen LogP contribution in [0.15, 0.2) is 24.3 Å². The number of rotatable bonds is 4. The molecule has 0 aliphatic rings. The molecule has 0 aliphatic carbocycles. The van der Waals surface area contributed by atoms with Crippen LogP contribution in [-0.4, -0.2) is 0 Å². The molecule has 0 N–H and O–H groups in total. The zero-order chi connectivity index (χ0) is 13.1. The maximum absolute atomic E-state index is 12.0. The number of hydrogen-bond acceptors (Lipinski definition) is 2. The molecule has 2 rings (SSSR count). The van der Waals surface area contributed by atoms with Crippen LogP contribution in [-0.2, 0) is 22.9 Å². The topological polar surface area (TPSA) is 46.1 Å². The molecular weight excluding hydrogens is 283 g/mol. The predicted octanol–water partition coefficient (Wildman–Crippen LogP) is 3.03. The van der Waals surface area contributed by atoms with E-state index in [1.807, 2.05) is 19.1 Å². The number of fused-ring (bicyclic) bond motifs is 1. The van der Waals surface area contributed by atoms with Gasteiger partial charge in [0, 0.05) is 0 Å². The molecule has 0 unspecified atom stereocenters. The van der Waals surface area contributed by atoms with Crippen molar-refractivity contribution in [3.8, 4) is 11.5 Å². The van der Waals surface area contributed by atoms with E-state index in [1.54, 1.807) is 6.07 Å². The molecule has 0 saturated heterocycles. The first-order valence-corrected chi connectivity index (χ1v) is 6.53. The smallest absolute Gasteiger partial charge is 0.872 e. The SMILES string of the molecule is CCCCCc1cc([O-])c2c([O-])cc(C)cc2c1.[Ni+2]. The molecule has 2 aromatic carbocycles. The van der Waals surface area contributed by atoms with Gasteiger partial charge in [0.1, 0.15) is 0 Å². The summed E-state index contributed by atoms with van der Waals surface area (Å²) in [7, 11) is 0. The minimum atomic E-state index is -0.157. The fourth-order valence-corrected chi connectivity index (χ4v) is 2.36. The molecule has 3 heteroatoms. The Kier molecular flexibility index (Phi) is 5.68. The van der Waals surface area contributed by atoms with E-state index in [-0.39, 0.29) is 28.0 Å². The molecular formula is C16H18NiO2. The van der Waals surface area contributed by atoms with Crippen LogP contribution in [0.2, 0.25) is 0 Å². The average molecular weight is 301 g/mol. The van der Waals surface area contributed by atoms with Crippen molar-refractivity contribution in [3.05, 3.63) is 35.4 Å². The van der Waals surface area contributed by atoms with Crippen LogP contribution in [0, 0.1) is 6.92 Å². The summed E-state index contributed by atoms with van der Waals surface area (Å²) in [4.78, 5) is 0. The number of unbranched alkanes of at least 4 members (excludes halogenated alkanes) is 2. The van der Waals surface area contributed by atoms with Crippen molar-refractivity contribution in [2.75, 3.05) is 0 Å². The second-order valence-electron chi connectivity index (χ2n) is 4.91. The van der Waals surface area contributed by atoms with Gasteiger partial charge >= 0.3 is 16.5 Å². The van der Waals surface area contributed by atoms with E-state index in [1.165, 1.54) is 18.9 Å². The molecule has 2 nitrogen and oxygen atoms in total. The first kappa shape index (κ1) is 15.8. The minimum absolute atomic E-state index is 0. The Morgan fingerprint density at radius 1 is 0.947 bits per heavy atom. The van der Waals surface area contributed by atoms with Crippen LogP contribution >= 0.6 is 0 Å². The third kappa shape index (κ3) is 3.64. The normalized spacial score (nSPS) is 10.4. The molecule has 0 aromatic heterocycles. The van der Waals surface area contributed by atoms with Crippen LogP contribution in [0.3, 0.4) is 0 Å². The van der Waals surface area contributed by atoms with Crippen molar-refractivity contribution >= 4 is 10.8 Å². The number of benzene rings is 2. The van der Waals surface area contributed by atoms with Crippen LogP contribution < -0.4 is 10.2 Å². The van der Waals surface area contributed by atoms with Crippen LogP contribution in [0.25, 0.3) is 10.8 Å². The molecule has 0 spiro atoms. The molecule has 0 aliphatic heterocycles. The maximum atomic E-state index is 12.0. The van der Waals surface area contributed by atoms with Crippen molar-refractivity contribution in [1.82, 2.24) is 0 Å². The fraction of sp³-hybridized carbons (Fsp3) is 0.375. The van der Waals surface area contributed by atoms with Gasteiger partial charge in [-0.2, -0.15) is 0 Å². The molecule has 0 atom stereocenters. The molecule has 104 valence electrons. The summed E-state index contributed by atoms with van der Waals surface area (Å²) in [5.41, 5.74) is 1.96. The molecule has 19 heavy (non-hydrogen) atoms. The van der Waals surface area contributed by atoms with Crippen molar-refractivity contribution in [3.63, 3.8) is 0 Å². The third-order valence-electron chi connectivity index (χ3n) is 3.25. The Morgan fingerprint density at radius 3 is 2.32 bits per heavy atom. The fourth-order valence-electron chi connectivity index (χ4n) is 2.36. The number of hydrogen-bond donors (Lipinski definition) is 0. The minimum Gasteiger partial charge on any atom is -0.872 e. The van der Waals surface area contributed by atoms with Crippen LogP contribution in [0.1, 0.15) is 37.3 Å². The Hall–Kier alpha value is -1.21. The van der Waals surface area contributed by atoms with Gasteiger partial charge < -0.3 is 10.2 Å². The van der Waals surface area contributed by atoms with Crippen molar-refractivity contribution in [2.24, 2.45) is 0 Å². The van der Waals surface area contributed by atoms with E-state index in [9.17, 15) is 10.2 Å². The Labute approximate surface area is 124 Å². The van der Waals surface area contributed by atoms with E-state index >= 15 is 0 Å². The van der Waals surface area contributed by atoms with E-state index in [0.29, 0.717) is 5.39 Å². The zero-order valence-corrected chi connectivity index (χ0v) is 12.3. The molecule has 2 aromatic rings. The summed E-state index contributed by atoms with van der Waals surface area (Å²) in [6.07, 6.45) is 4.35. The van der Waals surface area contributed by atoms with E-state index in [0.717, 1.165) is 29.4 Å². The summed E-state index contributed by atoms with van der Waals surface area (Å²) in [5, 5.41) is 24.9. The second kappa shape index (κ2) is 6.81. The second-order valence-corrected chi connectivity index (χ2v) is 4.91. The predicted molar refractivity (Wildman–Crippen MR) is 70.8 cm³/mol. The van der Waals surface area contributed by atoms with Gasteiger partial charge in [0.2, 0.25) is 0 Å². The van der Waals surface area contributed by atoms with Gasteiger partial charge in [-0.05, 0) is 36.1 Å². The Morgan fingerprint density at radius 2 is 1.63 bits per heavy atom. The van der Waals surface area contributed by atoms with E-state index < -0.39 is 0 Å². The molecule has 0 bridgehead atoms. The van der Waals surface area contributed by atoms with Gasteiger partial charge in [-0.15, -0.1) is 11.5 Å². The Balaban J connectivity index is 0.00000180. The largest absolute Gasteiger partial charge is 2.00 e. The summed E-state index contributed by atoms with van der Waals surface area (Å²) < 4.78 is 0. The van der Waals surface area contributed by atoms with Crippen molar-refractivity contribution in [2.45, 2.75) is 39.5 Å². The summed E-state index contributed by atoms with van der Waals surface area (Å²) >= 11 is 0. The summed E-state index contributed by atoms with van der Waals surface area (Å²) in [6.45, 7) is 4.04. The monoisotopic (exact) mass is 300 g/mol. The van der Waals surface area contributed by atoms with Crippen molar-refractivity contribution < 1.29 is 26.7 Å². The number of aryl methyl sites for hydroxylation is 2. The summed E-state index contributed by atoms with van der Waals surface area (Å²) in [5.74, 6) is -0.292. The zero-order valence-electron chi connectivity index (χ0n) is 11.3. The quantitative estimate of drug-likeness (QED) is 0.643. The van der Waals surface area contributed by atoms with Crippen LogP contribution in [0.5, 0.6) is 11.5 Å². The standard InChI is InChI=1S/C16H20O2.Ni/c1-3-4-5-6-12-9-13-7-11(2)8-14(17)16(13)15(18)10-12;/h7-10,17-18H,3-6H2,1-2H3;/q;+2/p-2. The van der Waals surface area contributed by atoms with Crippen molar-refractivity contribution in [1.29, 1.82) is 0 Å². The molecule has 0 heterocycles. The molecule has 0 radical (unpaired) electrons. The molecule has 0 amide bonds. The van der Waals surface area contributed by atoms with Gasteiger partial charge in [0.15, 0.2) is 0 Å². The molecule has 0 saturated carbocycles. The Bertz CT molecular complexity index is 564. The average Bonchev–Trinajstić information content (AvgIpc) is 2.27. The van der Waals surface area contributed by atoms with Crippen LogP contribution in [0.4, 0.5) is 0 Å². The van der Waals surface area contributed by atoms with E-state index in [4.69, 9.17) is 0 Å². The van der Waals surface area contributed by atoms with Gasteiger partial charge in [-0.25, -0.2) is 0 Å². The molecule has 0 fully saturated rings. The van der Waals surface area contributed by atoms with E-state index in [2.05, 4.69) is 6.92 Å². The first-order chi connectivity index (χ1) is 8.61. The van der Waals surface area contributed by atoms with Gasteiger partial charge in [-0.3, -0.25) is 0 Å². The maximum Gasteiger partial charge on any atom is 2.00 e.